The molecule has 0 bridgehead atoms. The molecule has 1 aromatic carbocycles. The maximum atomic E-state index is 12.3. The average Bonchev–Trinajstić information content (AvgIpc) is 2.56. The van der Waals surface area contributed by atoms with E-state index in [9.17, 15) is 10.1 Å². The van der Waals surface area contributed by atoms with Gasteiger partial charge in [-0.05, 0) is 19.8 Å². The molecule has 1 fully saturated rings. The Bertz CT molecular complexity index is 629. The Morgan fingerprint density at radius 2 is 1.92 bits per heavy atom. The SMILES string of the molecule is Cc1cccc(C[NH+]2CC[NH+](CC(=O)N[C@](C)(C#N)C(C)C)CC2)c1. The molecule has 1 aliphatic rings. The number of nitriles is 1. The van der Waals surface area contributed by atoms with E-state index in [0.29, 0.717) is 6.54 Å². The molecule has 1 amide bonds. The van der Waals surface area contributed by atoms with Gasteiger partial charge < -0.3 is 15.1 Å². The first kappa shape index (κ1) is 19.4. The van der Waals surface area contributed by atoms with Gasteiger partial charge in [-0.1, -0.05) is 43.7 Å². The molecule has 25 heavy (non-hydrogen) atoms. The van der Waals surface area contributed by atoms with E-state index in [4.69, 9.17) is 0 Å². The molecular weight excluding hydrogens is 312 g/mol. The van der Waals surface area contributed by atoms with Gasteiger partial charge in [-0.3, -0.25) is 4.79 Å². The number of aryl methyl sites for hydroxylation is 1. The lowest BCUT2D eigenvalue weighted by Crippen LogP contribution is -3.28. The Hall–Kier alpha value is -1.90. The topological polar surface area (TPSA) is 61.8 Å². The van der Waals surface area contributed by atoms with Gasteiger partial charge in [0.15, 0.2) is 6.54 Å². The third-order valence-corrected chi connectivity index (χ3v) is 5.40. The second kappa shape index (κ2) is 8.46. The first-order valence-corrected chi connectivity index (χ1v) is 9.27. The number of hydrogen-bond acceptors (Lipinski definition) is 2. The summed E-state index contributed by atoms with van der Waals surface area (Å²) < 4.78 is 0. The molecular formula is C20H32N4O+2. The molecule has 2 rings (SSSR count). The highest BCUT2D eigenvalue weighted by Gasteiger charge is 2.32. The molecule has 0 unspecified atom stereocenters. The highest BCUT2D eigenvalue weighted by atomic mass is 16.2. The van der Waals surface area contributed by atoms with Crippen molar-refractivity contribution in [1.82, 2.24) is 5.32 Å². The van der Waals surface area contributed by atoms with E-state index in [0.717, 1.165) is 32.7 Å². The van der Waals surface area contributed by atoms with Gasteiger partial charge in [-0.25, -0.2) is 0 Å². The first-order valence-electron chi connectivity index (χ1n) is 9.27. The van der Waals surface area contributed by atoms with E-state index < -0.39 is 5.54 Å². The van der Waals surface area contributed by atoms with Crippen molar-refractivity contribution in [3.05, 3.63) is 35.4 Å². The lowest BCUT2D eigenvalue weighted by Gasteiger charge is -2.31. The molecule has 0 radical (unpaired) electrons. The first-order chi connectivity index (χ1) is 11.8. The van der Waals surface area contributed by atoms with Crippen LogP contribution in [0.3, 0.4) is 0 Å². The summed E-state index contributed by atoms with van der Waals surface area (Å²) in [5.74, 6) is 0.0713. The number of benzene rings is 1. The average molecular weight is 345 g/mol. The lowest BCUT2D eigenvalue weighted by atomic mass is 9.90. The van der Waals surface area contributed by atoms with Crippen LogP contribution in [0.15, 0.2) is 24.3 Å². The predicted octanol–water partition coefficient (Wildman–Crippen LogP) is -0.667. The Labute approximate surface area is 151 Å². The highest BCUT2D eigenvalue weighted by Crippen LogP contribution is 2.14. The highest BCUT2D eigenvalue weighted by molar-refractivity contribution is 5.78. The zero-order valence-electron chi connectivity index (χ0n) is 16.0. The van der Waals surface area contributed by atoms with Gasteiger partial charge in [-0.2, -0.15) is 5.26 Å². The van der Waals surface area contributed by atoms with Crippen LogP contribution in [-0.2, 0) is 11.3 Å². The number of carbonyl (C=O) groups is 1. The smallest absolute Gasteiger partial charge is 0.276 e. The second-order valence-electron chi connectivity index (χ2n) is 7.86. The van der Waals surface area contributed by atoms with Crippen LogP contribution in [0.2, 0.25) is 0 Å². The van der Waals surface area contributed by atoms with Crippen LogP contribution in [0.1, 0.15) is 31.9 Å². The quantitative estimate of drug-likeness (QED) is 0.641. The van der Waals surface area contributed by atoms with Crippen molar-refractivity contribution in [1.29, 1.82) is 5.26 Å². The molecule has 1 heterocycles. The number of rotatable bonds is 6. The van der Waals surface area contributed by atoms with Gasteiger partial charge in [0.05, 0.1) is 6.07 Å². The van der Waals surface area contributed by atoms with Crippen molar-refractivity contribution in [2.45, 2.75) is 39.8 Å². The predicted molar refractivity (Wildman–Crippen MR) is 98.1 cm³/mol. The summed E-state index contributed by atoms with van der Waals surface area (Å²) >= 11 is 0. The Kier molecular flexibility index (Phi) is 6.57. The van der Waals surface area contributed by atoms with Gasteiger partial charge in [0.2, 0.25) is 0 Å². The molecule has 0 aromatic heterocycles. The van der Waals surface area contributed by atoms with Gasteiger partial charge in [-0.15, -0.1) is 0 Å². The van der Waals surface area contributed by atoms with E-state index in [1.54, 1.807) is 11.8 Å². The van der Waals surface area contributed by atoms with Crippen LogP contribution in [0.4, 0.5) is 0 Å². The van der Waals surface area contributed by atoms with Crippen molar-refractivity contribution in [2.75, 3.05) is 32.7 Å². The van der Waals surface area contributed by atoms with Gasteiger partial charge in [0.1, 0.15) is 38.3 Å². The normalized spacial score (nSPS) is 22.9. The van der Waals surface area contributed by atoms with E-state index in [-0.39, 0.29) is 11.8 Å². The van der Waals surface area contributed by atoms with Crippen molar-refractivity contribution in [3.8, 4) is 6.07 Å². The summed E-state index contributed by atoms with van der Waals surface area (Å²) in [6.45, 7) is 13.5. The van der Waals surface area contributed by atoms with Crippen LogP contribution in [-0.4, -0.2) is 44.2 Å². The van der Waals surface area contributed by atoms with Crippen LogP contribution in [0.25, 0.3) is 0 Å². The number of carbonyl (C=O) groups excluding carboxylic acids is 1. The number of amides is 1. The molecule has 1 saturated heterocycles. The minimum atomic E-state index is -0.783. The van der Waals surface area contributed by atoms with Crippen molar-refractivity contribution >= 4 is 5.91 Å². The molecule has 0 aliphatic carbocycles. The summed E-state index contributed by atoms with van der Waals surface area (Å²) in [4.78, 5) is 15.2. The zero-order valence-corrected chi connectivity index (χ0v) is 16.0. The summed E-state index contributed by atoms with van der Waals surface area (Å²) in [7, 11) is 0. The lowest BCUT2D eigenvalue weighted by molar-refractivity contribution is -1.02. The minimum Gasteiger partial charge on any atom is -0.333 e. The van der Waals surface area contributed by atoms with Crippen LogP contribution in [0.5, 0.6) is 0 Å². The number of hydrogen-bond donors (Lipinski definition) is 3. The Morgan fingerprint density at radius 3 is 2.48 bits per heavy atom. The number of piperazine rings is 1. The monoisotopic (exact) mass is 344 g/mol. The summed E-state index contributed by atoms with van der Waals surface area (Å²) in [5, 5.41) is 12.2. The fourth-order valence-corrected chi connectivity index (χ4v) is 3.28. The third-order valence-electron chi connectivity index (χ3n) is 5.40. The molecule has 136 valence electrons. The van der Waals surface area contributed by atoms with Gasteiger partial charge in [0.25, 0.3) is 5.91 Å². The number of quaternary nitrogens is 2. The number of nitrogens with zero attached hydrogens (tertiary/aromatic N) is 1. The second-order valence-corrected chi connectivity index (χ2v) is 7.86. The van der Waals surface area contributed by atoms with Crippen molar-refractivity contribution in [3.63, 3.8) is 0 Å². The molecule has 3 N–H and O–H groups in total. The van der Waals surface area contributed by atoms with Gasteiger partial charge in [0, 0.05) is 5.56 Å². The third kappa shape index (κ3) is 5.55. The standard InChI is InChI=1S/C20H30N4O/c1-16(2)20(4,15-21)22-19(25)14-24-10-8-23(9-11-24)13-18-7-5-6-17(3)12-18/h5-7,12,16H,8-11,13-14H2,1-4H3,(H,22,25)/p+2/t20-/m1/s1. The van der Waals surface area contributed by atoms with E-state index in [1.165, 1.54) is 16.0 Å². The van der Waals surface area contributed by atoms with Crippen molar-refractivity contribution < 1.29 is 14.6 Å². The Balaban J connectivity index is 1.78. The Morgan fingerprint density at radius 1 is 1.28 bits per heavy atom. The minimum absolute atomic E-state index is 0.0186. The summed E-state index contributed by atoms with van der Waals surface area (Å²) in [6.07, 6.45) is 0. The molecule has 1 aliphatic heterocycles. The molecule has 1 atom stereocenters. The fraction of sp³-hybridized carbons (Fsp3) is 0.600. The molecule has 1 aromatic rings. The van der Waals surface area contributed by atoms with E-state index >= 15 is 0 Å². The van der Waals surface area contributed by atoms with Crippen LogP contribution < -0.4 is 15.1 Å². The molecule has 5 heteroatoms. The molecule has 0 spiro atoms. The summed E-state index contributed by atoms with van der Waals surface area (Å²) in [5.41, 5.74) is 1.91. The van der Waals surface area contributed by atoms with Gasteiger partial charge >= 0.3 is 0 Å². The summed E-state index contributed by atoms with van der Waals surface area (Å²) in [6, 6.07) is 10.9. The van der Waals surface area contributed by atoms with Crippen LogP contribution >= 0.6 is 0 Å². The molecule has 5 nitrogen and oxygen atoms in total. The maximum Gasteiger partial charge on any atom is 0.276 e. The van der Waals surface area contributed by atoms with E-state index in [1.807, 2.05) is 13.8 Å². The van der Waals surface area contributed by atoms with E-state index in [2.05, 4.69) is 42.6 Å². The largest absolute Gasteiger partial charge is 0.333 e. The number of nitrogens with one attached hydrogen (secondary N) is 3. The fourth-order valence-electron chi connectivity index (χ4n) is 3.28. The van der Waals surface area contributed by atoms with Crippen LogP contribution in [0, 0.1) is 24.2 Å². The van der Waals surface area contributed by atoms with Crippen molar-refractivity contribution in [2.24, 2.45) is 5.92 Å². The maximum absolute atomic E-state index is 12.3. The zero-order chi connectivity index (χ0) is 18.4. The molecule has 0 saturated carbocycles.